The molecule has 0 atom stereocenters. The first-order chi connectivity index (χ1) is 11.7. The summed E-state index contributed by atoms with van der Waals surface area (Å²) < 4.78 is 0. The standard InChI is InChI=1S/C18H17N3O2S/c19-12-14-4-1-2-5-15(14)20-17(22)13-7-9-21(10-8-13)18(23)16-6-3-11-24-16/h1-6,11,13H,7-10H2,(H,20,22). The van der Waals surface area contributed by atoms with Crippen molar-refractivity contribution in [2.45, 2.75) is 12.8 Å². The van der Waals surface area contributed by atoms with Crippen LogP contribution in [0.25, 0.3) is 0 Å². The molecule has 0 unspecified atom stereocenters. The van der Waals surface area contributed by atoms with Crippen molar-refractivity contribution in [3.63, 3.8) is 0 Å². The molecule has 5 nitrogen and oxygen atoms in total. The predicted molar refractivity (Wildman–Crippen MR) is 92.7 cm³/mol. The second kappa shape index (κ2) is 7.28. The number of carbonyl (C=O) groups is 2. The molecule has 24 heavy (non-hydrogen) atoms. The number of carbonyl (C=O) groups excluding carboxylic acids is 2. The number of hydrogen-bond acceptors (Lipinski definition) is 4. The van der Waals surface area contributed by atoms with Crippen molar-refractivity contribution in [3.05, 3.63) is 52.2 Å². The van der Waals surface area contributed by atoms with Gasteiger partial charge in [0.2, 0.25) is 5.91 Å². The van der Waals surface area contributed by atoms with E-state index in [9.17, 15) is 9.59 Å². The predicted octanol–water partition coefficient (Wildman–Crippen LogP) is 3.11. The molecule has 2 amide bonds. The third-order valence-corrected chi connectivity index (χ3v) is 5.05. The molecule has 0 aliphatic carbocycles. The fraction of sp³-hybridized carbons (Fsp3) is 0.278. The van der Waals surface area contributed by atoms with Crippen LogP contribution in [0.2, 0.25) is 0 Å². The lowest BCUT2D eigenvalue weighted by Gasteiger charge is -2.31. The summed E-state index contributed by atoms with van der Waals surface area (Å²) >= 11 is 1.44. The zero-order valence-electron chi connectivity index (χ0n) is 13.1. The lowest BCUT2D eigenvalue weighted by molar-refractivity contribution is -0.121. The number of thiophene rings is 1. The highest BCUT2D eigenvalue weighted by Gasteiger charge is 2.28. The summed E-state index contributed by atoms with van der Waals surface area (Å²) in [5.74, 6) is -0.177. The molecule has 1 saturated heterocycles. The quantitative estimate of drug-likeness (QED) is 0.934. The molecule has 0 bridgehead atoms. The van der Waals surface area contributed by atoms with Gasteiger partial charge in [0, 0.05) is 19.0 Å². The smallest absolute Gasteiger partial charge is 0.263 e. The Hall–Kier alpha value is -2.65. The van der Waals surface area contributed by atoms with Gasteiger partial charge in [-0.05, 0) is 36.4 Å². The van der Waals surface area contributed by atoms with E-state index in [-0.39, 0.29) is 17.7 Å². The molecule has 1 aliphatic rings. The second-order valence-electron chi connectivity index (χ2n) is 5.69. The van der Waals surface area contributed by atoms with E-state index >= 15 is 0 Å². The van der Waals surface area contributed by atoms with Crippen molar-refractivity contribution in [3.8, 4) is 6.07 Å². The number of hydrogen-bond donors (Lipinski definition) is 1. The Morgan fingerprint density at radius 1 is 1.17 bits per heavy atom. The maximum Gasteiger partial charge on any atom is 0.263 e. The van der Waals surface area contributed by atoms with E-state index in [0.29, 0.717) is 37.2 Å². The van der Waals surface area contributed by atoms with Crippen LogP contribution >= 0.6 is 11.3 Å². The van der Waals surface area contributed by atoms with Crippen LogP contribution in [0, 0.1) is 17.2 Å². The number of para-hydroxylation sites is 1. The van der Waals surface area contributed by atoms with Gasteiger partial charge in [0.1, 0.15) is 6.07 Å². The summed E-state index contributed by atoms with van der Waals surface area (Å²) in [5.41, 5.74) is 0.998. The average Bonchev–Trinajstić information content (AvgIpc) is 3.16. The SMILES string of the molecule is N#Cc1ccccc1NC(=O)C1CCN(C(=O)c2cccs2)CC1. The Morgan fingerprint density at radius 3 is 2.58 bits per heavy atom. The molecule has 2 heterocycles. The molecule has 3 rings (SSSR count). The number of piperidine rings is 1. The van der Waals surface area contributed by atoms with Gasteiger partial charge in [-0.1, -0.05) is 18.2 Å². The first kappa shape index (κ1) is 16.2. The fourth-order valence-corrected chi connectivity index (χ4v) is 3.52. The van der Waals surface area contributed by atoms with Gasteiger partial charge >= 0.3 is 0 Å². The normalized spacial score (nSPS) is 14.9. The number of nitrogens with one attached hydrogen (secondary N) is 1. The lowest BCUT2D eigenvalue weighted by Crippen LogP contribution is -2.41. The third-order valence-electron chi connectivity index (χ3n) is 4.19. The van der Waals surface area contributed by atoms with Crippen molar-refractivity contribution in [2.24, 2.45) is 5.92 Å². The van der Waals surface area contributed by atoms with Gasteiger partial charge < -0.3 is 10.2 Å². The van der Waals surface area contributed by atoms with Crippen LogP contribution in [0.5, 0.6) is 0 Å². The Labute approximate surface area is 144 Å². The zero-order chi connectivity index (χ0) is 16.9. The largest absolute Gasteiger partial charge is 0.338 e. The van der Waals surface area contributed by atoms with Crippen LogP contribution in [0.4, 0.5) is 5.69 Å². The van der Waals surface area contributed by atoms with E-state index < -0.39 is 0 Å². The van der Waals surface area contributed by atoms with Gasteiger partial charge in [0.05, 0.1) is 16.1 Å². The maximum absolute atomic E-state index is 12.4. The summed E-state index contributed by atoms with van der Waals surface area (Å²) in [4.78, 5) is 27.3. The zero-order valence-corrected chi connectivity index (χ0v) is 13.9. The number of benzene rings is 1. The second-order valence-corrected chi connectivity index (χ2v) is 6.64. The van der Waals surface area contributed by atoms with E-state index in [1.165, 1.54) is 11.3 Å². The average molecular weight is 339 g/mol. The van der Waals surface area contributed by atoms with Crippen LogP contribution < -0.4 is 5.32 Å². The molecule has 2 aromatic rings. The highest BCUT2D eigenvalue weighted by Crippen LogP contribution is 2.23. The van der Waals surface area contributed by atoms with Crippen LogP contribution in [0.15, 0.2) is 41.8 Å². The molecule has 0 saturated carbocycles. The summed E-state index contributed by atoms with van der Waals surface area (Å²) in [6, 6.07) is 12.7. The van der Waals surface area contributed by atoms with Gasteiger partial charge in [0.25, 0.3) is 5.91 Å². The number of likely N-dealkylation sites (tertiary alicyclic amines) is 1. The van der Waals surface area contributed by atoms with Crippen molar-refractivity contribution in [1.82, 2.24) is 4.90 Å². The van der Waals surface area contributed by atoms with Crippen LogP contribution in [0.1, 0.15) is 28.1 Å². The van der Waals surface area contributed by atoms with E-state index in [1.54, 1.807) is 29.2 Å². The first-order valence-electron chi connectivity index (χ1n) is 7.82. The third kappa shape index (κ3) is 3.47. The lowest BCUT2D eigenvalue weighted by atomic mass is 9.95. The van der Waals surface area contributed by atoms with Gasteiger partial charge in [-0.15, -0.1) is 11.3 Å². The van der Waals surface area contributed by atoms with Crippen LogP contribution in [-0.2, 0) is 4.79 Å². The minimum Gasteiger partial charge on any atom is -0.338 e. The van der Waals surface area contributed by atoms with Gasteiger partial charge in [-0.3, -0.25) is 9.59 Å². The Bertz CT molecular complexity index is 772. The van der Waals surface area contributed by atoms with E-state index in [0.717, 1.165) is 4.88 Å². The fourth-order valence-electron chi connectivity index (χ4n) is 2.83. The molecule has 122 valence electrons. The summed E-state index contributed by atoms with van der Waals surface area (Å²) in [5, 5.41) is 13.8. The van der Waals surface area contributed by atoms with Crippen LogP contribution in [0.3, 0.4) is 0 Å². The molecular weight excluding hydrogens is 322 g/mol. The van der Waals surface area contributed by atoms with Crippen molar-refractivity contribution < 1.29 is 9.59 Å². The molecule has 0 spiro atoms. The van der Waals surface area contributed by atoms with Crippen LogP contribution in [-0.4, -0.2) is 29.8 Å². The van der Waals surface area contributed by atoms with Crippen molar-refractivity contribution in [2.75, 3.05) is 18.4 Å². The molecular formula is C18H17N3O2S. The first-order valence-corrected chi connectivity index (χ1v) is 8.70. The number of nitriles is 1. The van der Waals surface area contributed by atoms with Gasteiger partial charge in [0.15, 0.2) is 0 Å². The van der Waals surface area contributed by atoms with Crippen molar-refractivity contribution >= 4 is 28.8 Å². The maximum atomic E-state index is 12.4. The van der Waals surface area contributed by atoms with E-state index in [4.69, 9.17) is 5.26 Å². The van der Waals surface area contributed by atoms with Gasteiger partial charge in [-0.25, -0.2) is 0 Å². The monoisotopic (exact) mass is 339 g/mol. The number of nitrogens with zero attached hydrogens (tertiary/aromatic N) is 2. The molecule has 1 aliphatic heterocycles. The minimum absolute atomic E-state index is 0.0404. The number of rotatable bonds is 3. The van der Waals surface area contributed by atoms with Gasteiger partial charge in [-0.2, -0.15) is 5.26 Å². The Balaban J connectivity index is 1.57. The molecule has 1 aromatic carbocycles. The molecule has 6 heteroatoms. The van der Waals surface area contributed by atoms with E-state index in [1.807, 2.05) is 17.5 Å². The number of amides is 2. The topological polar surface area (TPSA) is 73.2 Å². The highest BCUT2D eigenvalue weighted by atomic mass is 32.1. The summed E-state index contributed by atoms with van der Waals surface area (Å²) in [6.45, 7) is 1.16. The highest BCUT2D eigenvalue weighted by molar-refractivity contribution is 7.12. The molecule has 1 N–H and O–H groups in total. The summed E-state index contributed by atoms with van der Waals surface area (Å²) in [7, 11) is 0. The molecule has 1 fully saturated rings. The number of anilines is 1. The Morgan fingerprint density at radius 2 is 1.92 bits per heavy atom. The van der Waals surface area contributed by atoms with Crippen molar-refractivity contribution in [1.29, 1.82) is 5.26 Å². The van der Waals surface area contributed by atoms with E-state index in [2.05, 4.69) is 11.4 Å². The molecule has 0 radical (unpaired) electrons. The minimum atomic E-state index is -0.135. The Kier molecular flexibility index (Phi) is 4.92. The molecule has 1 aromatic heterocycles. The summed E-state index contributed by atoms with van der Waals surface area (Å²) in [6.07, 6.45) is 1.27.